The molecule has 0 spiro atoms. The SMILES string of the molecule is COc1cc(NC(C(=O)N2CCc3cc(C)c(C(F)(F)F)cc32)c2ccc(Cl)cc2OCCO[Si](C)(C)C(C)(C)C)cc(-n2cncn2)c1. The van der Waals surface area contributed by atoms with E-state index < -0.39 is 32.0 Å². The number of carbonyl (C=O) groups excluding carboxylic acids is 1. The summed E-state index contributed by atoms with van der Waals surface area (Å²) in [5, 5.41) is 7.93. The maximum Gasteiger partial charge on any atom is 0.416 e. The Morgan fingerprint density at radius 2 is 1.84 bits per heavy atom. The molecule has 262 valence electrons. The Bertz CT molecular complexity index is 1810. The molecule has 1 atom stereocenters. The summed E-state index contributed by atoms with van der Waals surface area (Å²) in [5.74, 6) is 0.357. The van der Waals surface area contributed by atoms with Crippen molar-refractivity contribution >= 4 is 37.2 Å². The normalized spacial score (nSPS) is 14.1. The number of methoxy groups -OCH3 is 1. The molecule has 1 aliphatic rings. The first-order valence-corrected chi connectivity index (χ1v) is 19.2. The van der Waals surface area contributed by atoms with Crippen molar-refractivity contribution in [2.24, 2.45) is 0 Å². The Hall–Kier alpha value is -4.07. The van der Waals surface area contributed by atoms with E-state index in [1.807, 2.05) is 0 Å². The highest BCUT2D eigenvalue weighted by Crippen LogP contribution is 2.41. The number of ether oxygens (including phenoxy) is 2. The first-order valence-electron chi connectivity index (χ1n) is 15.9. The van der Waals surface area contributed by atoms with Crippen molar-refractivity contribution in [1.82, 2.24) is 14.8 Å². The van der Waals surface area contributed by atoms with E-state index in [9.17, 15) is 18.0 Å². The van der Waals surface area contributed by atoms with Crippen LogP contribution in [0.2, 0.25) is 23.2 Å². The van der Waals surface area contributed by atoms with Crippen LogP contribution in [0.5, 0.6) is 11.5 Å². The molecule has 49 heavy (non-hydrogen) atoms. The van der Waals surface area contributed by atoms with Crippen molar-refractivity contribution in [3.63, 3.8) is 0 Å². The molecule has 0 saturated carbocycles. The van der Waals surface area contributed by atoms with Crippen molar-refractivity contribution in [3.05, 3.63) is 88.5 Å². The van der Waals surface area contributed by atoms with Crippen LogP contribution in [-0.2, 0) is 21.8 Å². The maximum absolute atomic E-state index is 14.7. The van der Waals surface area contributed by atoms with Crippen LogP contribution in [0, 0.1) is 6.92 Å². The number of hydrogen-bond acceptors (Lipinski definition) is 7. The van der Waals surface area contributed by atoms with Crippen LogP contribution in [0.1, 0.15) is 49.1 Å². The number of halogens is 4. The van der Waals surface area contributed by atoms with Gasteiger partial charge < -0.3 is 24.1 Å². The number of amides is 1. The Balaban J connectivity index is 1.55. The number of anilines is 2. The molecule has 1 amide bonds. The molecule has 0 fully saturated rings. The zero-order chi connectivity index (χ0) is 35.7. The highest BCUT2D eigenvalue weighted by atomic mass is 35.5. The minimum Gasteiger partial charge on any atom is -0.497 e. The van der Waals surface area contributed by atoms with Crippen molar-refractivity contribution in [2.75, 3.05) is 37.1 Å². The van der Waals surface area contributed by atoms with Gasteiger partial charge in [0.2, 0.25) is 0 Å². The van der Waals surface area contributed by atoms with Crippen LogP contribution in [0.25, 0.3) is 5.69 Å². The lowest BCUT2D eigenvalue weighted by Crippen LogP contribution is -2.41. The van der Waals surface area contributed by atoms with E-state index in [0.29, 0.717) is 52.1 Å². The van der Waals surface area contributed by atoms with Crippen molar-refractivity contribution < 1.29 is 31.9 Å². The molecule has 14 heteroatoms. The van der Waals surface area contributed by atoms with Crippen LogP contribution in [-0.4, -0.2) is 55.9 Å². The van der Waals surface area contributed by atoms with Gasteiger partial charge in [-0.3, -0.25) is 4.79 Å². The number of benzene rings is 3. The van der Waals surface area contributed by atoms with Crippen LogP contribution in [0.3, 0.4) is 0 Å². The van der Waals surface area contributed by atoms with Gasteiger partial charge in [0.25, 0.3) is 5.91 Å². The second kappa shape index (κ2) is 14.0. The summed E-state index contributed by atoms with van der Waals surface area (Å²) in [6.45, 7) is 12.9. The predicted octanol–water partition coefficient (Wildman–Crippen LogP) is 8.40. The molecule has 0 saturated heterocycles. The fourth-order valence-electron chi connectivity index (χ4n) is 5.48. The lowest BCUT2D eigenvalue weighted by molar-refractivity contribution is -0.138. The summed E-state index contributed by atoms with van der Waals surface area (Å²) < 4.78 is 61.6. The van der Waals surface area contributed by atoms with E-state index in [4.69, 9.17) is 25.5 Å². The number of rotatable bonds is 11. The van der Waals surface area contributed by atoms with Gasteiger partial charge in [0, 0.05) is 40.6 Å². The molecular formula is C35H41ClF3N5O4Si. The van der Waals surface area contributed by atoms with Gasteiger partial charge in [0.05, 0.1) is 25.0 Å². The molecule has 2 heterocycles. The molecule has 1 N–H and O–H groups in total. The third-order valence-electron chi connectivity index (χ3n) is 9.16. The zero-order valence-electron chi connectivity index (χ0n) is 28.6. The highest BCUT2D eigenvalue weighted by Gasteiger charge is 2.39. The maximum atomic E-state index is 14.7. The standard InChI is InChI=1S/C35H41ClF3N5O4Si/c1-22-14-23-10-11-43(30(23)19-29(22)35(37,38)39)33(45)32(42-25-16-26(18-27(17-25)46-5)44-21-40-20-41-44)28-9-8-24(36)15-31(28)47-12-13-48-49(6,7)34(2,3)4/h8-9,14-21,32,42H,10-13H2,1-7H3. The quantitative estimate of drug-likeness (QED) is 0.123. The molecule has 5 rings (SSSR count). The fourth-order valence-corrected chi connectivity index (χ4v) is 6.67. The first kappa shape index (κ1) is 36.2. The second-order valence-electron chi connectivity index (χ2n) is 13.5. The number of fused-ring (bicyclic) bond motifs is 1. The van der Waals surface area contributed by atoms with E-state index in [1.165, 1.54) is 37.7 Å². The largest absolute Gasteiger partial charge is 0.497 e. The number of alkyl halides is 3. The predicted molar refractivity (Wildman–Crippen MR) is 187 cm³/mol. The van der Waals surface area contributed by atoms with Gasteiger partial charge in [-0.1, -0.05) is 44.5 Å². The summed E-state index contributed by atoms with van der Waals surface area (Å²) in [6.07, 6.45) is -1.24. The highest BCUT2D eigenvalue weighted by molar-refractivity contribution is 6.74. The van der Waals surface area contributed by atoms with E-state index in [2.05, 4.69) is 49.3 Å². The van der Waals surface area contributed by atoms with E-state index >= 15 is 0 Å². The summed E-state index contributed by atoms with van der Waals surface area (Å²) in [5.41, 5.74) is 1.77. The Morgan fingerprint density at radius 3 is 2.49 bits per heavy atom. The number of nitrogens with zero attached hydrogens (tertiary/aromatic N) is 4. The summed E-state index contributed by atoms with van der Waals surface area (Å²) in [7, 11) is -0.533. The molecule has 0 bridgehead atoms. The van der Waals surface area contributed by atoms with Crippen molar-refractivity contribution in [2.45, 2.75) is 64.5 Å². The Labute approximate surface area is 290 Å². The van der Waals surface area contributed by atoms with Crippen LogP contribution in [0.4, 0.5) is 24.5 Å². The number of aryl methyl sites for hydroxylation is 1. The van der Waals surface area contributed by atoms with Gasteiger partial charge in [-0.25, -0.2) is 9.67 Å². The van der Waals surface area contributed by atoms with E-state index in [1.54, 1.807) is 41.1 Å². The lowest BCUT2D eigenvalue weighted by atomic mass is 10.0. The van der Waals surface area contributed by atoms with Gasteiger partial charge in [0.15, 0.2) is 8.32 Å². The summed E-state index contributed by atoms with van der Waals surface area (Å²) in [4.78, 5) is 20.1. The summed E-state index contributed by atoms with van der Waals surface area (Å²) >= 11 is 6.43. The molecule has 1 unspecified atom stereocenters. The van der Waals surface area contributed by atoms with Crippen LogP contribution < -0.4 is 19.7 Å². The molecule has 0 radical (unpaired) electrons. The molecule has 0 aliphatic carbocycles. The second-order valence-corrected chi connectivity index (χ2v) is 18.8. The smallest absolute Gasteiger partial charge is 0.416 e. The van der Waals surface area contributed by atoms with Gasteiger partial charge in [-0.05, 0) is 66.9 Å². The molecule has 1 aliphatic heterocycles. The fraction of sp³-hybridized carbons (Fsp3) is 0.400. The van der Waals surface area contributed by atoms with Gasteiger partial charge >= 0.3 is 6.18 Å². The molecule has 3 aromatic carbocycles. The Morgan fingerprint density at radius 1 is 1.08 bits per heavy atom. The van der Waals surface area contributed by atoms with E-state index in [0.717, 1.165) is 6.07 Å². The monoisotopic (exact) mass is 715 g/mol. The van der Waals surface area contributed by atoms with Gasteiger partial charge in [-0.15, -0.1) is 0 Å². The Kier molecular flexibility index (Phi) is 10.4. The minimum absolute atomic E-state index is 0.00795. The summed E-state index contributed by atoms with van der Waals surface area (Å²) in [6, 6.07) is 11.7. The molecular weight excluding hydrogens is 675 g/mol. The van der Waals surface area contributed by atoms with Gasteiger partial charge in [0.1, 0.15) is 36.8 Å². The van der Waals surface area contributed by atoms with E-state index in [-0.39, 0.29) is 29.4 Å². The first-order chi connectivity index (χ1) is 23.0. The van der Waals surface area contributed by atoms with Crippen LogP contribution >= 0.6 is 11.6 Å². The zero-order valence-corrected chi connectivity index (χ0v) is 30.4. The molecule has 4 aromatic rings. The third kappa shape index (κ3) is 8.05. The molecule has 1 aromatic heterocycles. The van der Waals surface area contributed by atoms with Gasteiger partial charge in [-0.2, -0.15) is 18.3 Å². The van der Waals surface area contributed by atoms with Crippen molar-refractivity contribution in [3.8, 4) is 17.2 Å². The van der Waals surface area contributed by atoms with Crippen molar-refractivity contribution in [1.29, 1.82) is 0 Å². The average molecular weight is 716 g/mol. The topological polar surface area (TPSA) is 90.7 Å². The third-order valence-corrected chi connectivity index (χ3v) is 13.9. The average Bonchev–Trinajstić information content (AvgIpc) is 3.71. The molecule has 9 nitrogen and oxygen atoms in total. The number of aromatic nitrogens is 3. The number of hydrogen-bond donors (Lipinski definition) is 1. The van der Waals surface area contributed by atoms with Crippen LogP contribution in [0.15, 0.2) is 61.2 Å². The number of carbonyl (C=O) groups is 1. The lowest BCUT2D eigenvalue weighted by Gasteiger charge is -2.36. The number of nitrogens with one attached hydrogen (secondary N) is 1. The minimum atomic E-state index is -4.57.